The van der Waals surface area contributed by atoms with E-state index < -0.39 is 17.5 Å². The van der Waals surface area contributed by atoms with Crippen LogP contribution in [0, 0.1) is 5.82 Å². The molecule has 4 rings (SSSR count). The Labute approximate surface area is 186 Å². The minimum absolute atomic E-state index is 0.244. The molecule has 0 saturated carbocycles. The lowest BCUT2D eigenvalue weighted by Crippen LogP contribution is -2.38. The molecule has 172 valence electrons. The average molecular weight is 445 g/mol. The lowest BCUT2D eigenvalue weighted by atomic mass is 9.96. The second kappa shape index (κ2) is 8.51. The van der Waals surface area contributed by atoms with Crippen LogP contribution < -0.4 is 21.3 Å². The summed E-state index contributed by atoms with van der Waals surface area (Å²) in [5.41, 5.74) is 7.27. The molecule has 2 fully saturated rings. The highest BCUT2D eigenvalue weighted by Gasteiger charge is 2.41. The monoisotopic (exact) mass is 444 g/mol. The minimum Gasteiger partial charge on any atom is -0.397 e. The lowest BCUT2D eigenvalue weighted by Gasteiger charge is -2.22. The van der Waals surface area contributed by atoms with Gasteiger partial charge in [-0.05, 0) is 39.7 Å². The van der Waals surface area contributed by atoms with Gasteiger partial charge in [0, 0.05) is 42.2 Å². The number of hydrogen-bond donors (Lipinski definition) is 4. The van der Waals surface area contributed by atoms with E-state index in [0.717, 1.165) is 6.42 Å². The van der Waals surface area contributed by atoms with Gasteiger partial charge < -0.3 is 31.1 Å². The van der Waals surface area contributed by atoms with E-state index in [0.29, 0.717) is 48.6 Å². The fourth-order valence-corrected chi connectivity index (χ4v) is 3.98. The number of amides is 2. The number of aromatic nitrogens is 2. The summed E-state index contributed by atoms with van der Waals surface area (Å²) in [6.45, 7) is 6.60. The van der Waals surface area contributed by atoms with Crippen molar-refractivity contribution in [1.29, 1.82) is 0 Å². The van der Waals surface area contributed by atoms with Crippen molar-refractivity contribution < 1.29 is 19.0 Å². The van der Waals surface area contributed by atoms with Crippen molar-refractivity contribution in [3.05, 3.63) is 35.7 Å². The van der Waals surface area contributed by atoms with E-state index in [9.17, 15) is 9.90 Å². The molecule has 2 atom stereocenters. The van der Waals surface area contributed by atoms with E-state index in [2.05, 4.69) is 20.6 Å². The topological polar surface area (TPSA) is 125 Å². The van der Waals surface area contributed by atoms with Gasteiger partial charge in [0.1, 0.15) is 17.6 Å². The number of carbonyl (C=O) groups is 1. The van der Waals surface area contributed by atoms with Gasteiger partial charge in [0.15, 0.2) is 5.82 Å². The molecule has 1 aromatic carbocycles. The molecule has 2 unspecified atom stereocenters. The van der Waals surface area contributed by atoms with Crippen molar-refractivity contribution in [2.75, 3.05) is 30.3 Å². The van der Waals surface area contributed by atoms with E-state index in [1.807, 2.05) is 11.8 Å². The lowest BCUT2D eigenvalue weighted by molar-refractivity contribution is 0.0687. The Kier molecular flexibility index (Phi) is 5.91. The Morgan fingerprint density at radius 2 is 2.12 bits per heavy atom. The van der Waals surface area contributed by atoms with Crippen LogP contribution in [0.15, 0.2) is 18.5 Å². The molecule has 0 radical (unpaired) electrons. The van der Waals surface area contributed by atoms with Gasteiger partial charge in [-0.3, -0.25) is 0 Å². The maximum atomic E-state index is 15.9. The van der Waals surface area contributed by atoms with E-state index in [-0.39, 0.29) is 23.6 Å². The zero-order valence-electron chi connectivity index (χ0n) is 18.5. The van der Waals surface area contributed by atoms with E-state index in [1.54, 1.807) is 19.9 Å². The van der Waals surface area contributed by atoms with Crippen LogP contribution in [0.3, 0.4) is 0 Å². The number of aliphatic hydroxyl groups is 1. The summed E-state index contributed by atoms with van der Waals surface area (Å²) >= 11 is 0. The molecule has 2 aliphatic rings. The highest BCUT2D eigenvalue weighted by molar-refractivity contribution is 5.84. The van der Waals surface area contributed by atoms with Gasteiger partial charge in [0.2, 0.25) is 0 Å². The number of carbonyl (C=O) groups excluding carboxylic acids is 1. The molecule has 0 bridgehead atoms. The Hall–Kier alpha value is -2.98. The van der Waals surface area contributed by atoms with E-state index in [1.165, 1.54) is 12.4 Å². The number of urea groups is 1. The summed E-state index contributed by atoms with van der Waals surface area (Å²) in [6, 6.07) is 1.28. The smallest absolute Gasteiger partial charge is 0.316 e. The second-order valence-electron chi connectivity index (χ2n) is 8.62. The van der Waals surface area contributed by atoms with Crippen molar-refractivity contribution in [2.24, 2.45) is 0 Å². The van der Waals surface area contributed by atoms with Gasteiger partial charge in [0.05, 0.1) is 24.0 Å². The molecular weight excluding hydrogens is 415 g/mol. The predicted molar refractivity (Wildman–Crippen MR) is 118 cm³/mol. The molecule has 3 heterocycles. The van der Waals surface area contributed by atoms with Crippen molar-refractivity contribution in [3.8, 4) is 11.1 Å². The summed E-state index contributed by atoms with van der Waals surface area (Å²) < 4.78 is 21.7. The Morgan fingerprint density at radius 3 is 2.72 bits per heavy atom. The fraction of sp³-hybridized carbons (Fsp3) is 0.500. The van der Waals surface area contributed by atoms with Gasteiger partial charge in [-0.25, -0.2) is 19.2 Å². The first-order valence-electron chi connectivity index (χ1n) is 10.8. The molecule has 10 heteroatoms. The van der Waals surface area contributed by atoms with Gasteiger partial charge in [-0.1, -0.05) is 0 Å². The molecule has 32 heavy (non-hydrogen) atoms. The minimum atomic E-state index is -1.20. The summed E-state index contributed by atoms with van der Waals surface area (Å²) in [6.07, 6.45) is 3.79. The molecule has 2 saturated heterocycles. The first kappa shape index (κ1) is 22.2. The summed E-state index contributed by atoms with van der Waals surface area (Å²) in [4.78, 5) is 22.1. The van der Waals surface area contributed by atoms with Crippen molar-refractivity contribution in [1.82, 2.24) is 20.6 Å². The number of nitrogens with two attached hydrogens (primary N) is 1. The number of rotatable bonds is 6. The normalized spacial score (nSPS) is 20.3. The van der Waals surface area contributed by atoms with Crippen LogP contribution in [0.25, 0.3) is 11.1 Å². The highest BCUT2D eigenvalue weighted by Crippen LogP contribution is 2.46. The van der Waals surface area contributed by atoms with Gasteiger partial charge in [-0.15, -0.1) is 0 Å². The van der Waals surface area contributed by atoms with Crippen molar-refractivity contribution in [2.45, 2.75) is 51.5 Å². The number of nitrogen functional groups attached to an aromatic ring is 1. The van der Waals surface area contributed by atoms with Gasteiger partial charge in [0.25, 0.3) is 0 Å². The summed E-state index contributed by atoms with van der Waals surface area (Å²) in [5, 5.41) is 15.6. The fourth-order valence-electron chi connectivity index (χ4n) is 3.98. The number of ether oxygens (including phenoxy) is 1. The molecule has 2 aromatic rings. The molecule has 0 aliphatic carbocycles. The van der Waals surface area contributed by atoms with Gasteiger partial charge in [-0.2, -0.15) is 0 Å². The number of hydrogen-bond acceptors (Lipinski definition) is 7. The van der Waals surface area contributed by atoms with Crippen LogP contribution >= 0.6 is 0 Å². The highest BCUT2D eigenvalue weighted by atomic mass is 19.1. The third kappa shape index (κ3) is 4.33. The van der Waals surface area contributed by atoms with E-state index in [4.69, 9.17) is 10.5 Å². The number of halogens is 1. The zero-order valence-corrected chi connectivity index (χ0v) is 18.5. The van der Waals surface area contributed by atoms with Crippen LogP contribution in [0.5, 0.6) is 0 Å². The maximum absolute atomic E-state index is 15.9. The number of nitrogens with one attached hydrogen (secondary N) is 2. The quantitative estimate of drug-likeness (QED) is 0.398. The number of nitrogens with zero attached hydrogens (tertiary/aromatic N) is 3. The molecule has 2 aliphatic heterocycles. The Bertz CT molecular complexity index is 1000. The Morgan fingerprint density at radius 1 is 1.41 bits per heavy atom. The van der Waals surface area contributed by atoms with E-state index >= 15 is 4.39 Å². The van der Waals surface area contributed by atoms with Crippen LogP contribution in [0.1, 0.15) is 51.1 Å². The molecule has 9 nitrogen and oxygen atoms in total. The van der Waals surface area contributed by atoms with Crippen molar-refractivity contribution >= 4 is 17.4 Å². The largest absolute Gasteiger partial charge is 0.397 e. The summed E-state index contributed by atoms with van der Waals surface area (Å²) in [7, 11) is 0. The molecular formula is C22H29FN6O3. The zero-order chi connectivity index (χ0) is 23.0. The van der Waals surface area contributed by atoms with Gasteiger partial charge >= 0.3 is 6.03 Å². The van der Waals surface area contributed by atoms with Crippen LogP contribution in [-0.4, -0.2) is 47.0 Å². The standard InChI is InChI=1S/C22H29FN6O3/c1-4-25-21(30)28-16-11-29(16)19-14(24)8-13(18(23)17(19)15-6-5-7-32-15)12-9-26-20(27-10-12)22(2,3)31/h8-10,15-16,31H,4-7,11,24H2,1-3H3,(H2,25,28,30). The van der Waals surface area contributed by atoms with Crippen LogP contribution in [-0.2, 0) is 10.3 Å². The van der Waals surface area contributed by atoms with Crippen LogP contribution in [0.2, 0.25) is 0 Å². The maximum Gasteiger partial charge on any atom is 0.316 e. The number of benzene rings is 1. The average Bonchev–Trinajstić information content (AvgIpc) is 3.26. The first-order valence-corrected chi connectivity index (χ1v) is 10.8. The third-order valence-electron chi connectivity index (χ3n) is 5.60. The van der Waals surface area contributed by atoms with Crippen molar-refractivity contribution in [3.63, 3.8) is 0 Å². The molecule has 5 N–H and O–H groups in total. The SMILES string of the molecule is CCNC(=O)NC1CN1c1c(N)cc(-c2cnc(C(C)(C)O)nc2)c(F)c1C1CCCO1. The molecule has 1 aromatic heterocycles. The molecule has 0 spiro atoms. The summed E-state index contributed by atoms with van der Waals surface area (Å²) in [5.74, 6) is -0.196. The Balaban J connectivity index is 1.71. The third-order valence-corrected chi connectivity index (χ3v) is 5.60. The first-order chi connectivity index (χ1) is 15.2. The predicted octanol–water partition coefficient (Wildman–Crippen LogP) is 2.41. The second-order valence-corrected chi connectivity index (χ2v) is 8.62. The number of anilines is 2. The van der Waals surface area contributed by atoms with Crippen LogP contribution in [0.4, 0.5) is 20.6 Å². The molecule has 2 amide bonds.